The van der Waals surface area contributed by atoms with Crippen LogP contribution in [0.4, 0.5) is 0 Å². The Hall–Kier alpha value is -1.94. The van der Waals surface area contributed by atoms with Gasteiger partial charge in [0.25, 0.3) is 0 Å². The second-order valence-corrected chi connectivity index (χ2v) is 5.98. The summed E-state index contributed by atoms with van der Waals surface area (Å²) in [5.41, 5.74) is 2.16. The van der Waals surface area contributed by atoms with Crippen LogP contribution in [0.3, 0.4) is 0 Å². The Morgan fingerprint density at radius 1 is 1.14 bits per heavy atom. The van der Waals surface area contributed by atoms with Crippen LogP contribution in [0.2, 0.25) is 0 Å². The number of piperidine rings is 1. The van der Waals surface area contributed by atoms with Crippen molar-refractivity contribution >= 4 is 0 Å². The summed E-state index contributed by atoms with van der Waals surface area (Å²) in [5, 5.41) is 0. The van der Waals surface area contributed by atoms with E-state index < -0.39 is 0 Å². The predicted octanol–water partition coefficient (Wildman–Crippen LogP) is 3.08. The van der Waals surface area contributed by atoms with Crippen LogP contribution in [0.15, 0.2) is 42.7 Å². The standard InChI is InChI=1S/C18H23N3O/c1-15-12-18(5-9-19-15)22-14-16-6-10-21(11-7-16)13-17-4-2-3-8-20-17/h2-5,8-9,12,16H,6-7,10-11,13-14H2,1H3. The molecule has 1 fully saturated rings. The third kappa shape index (κ3) is 4.28. The Bertz CT molecular complexity index is 580. The number of ether oxygens (including phenoxy) is 1. The third-order valence-electron chi connectivity index (χ3n) is 4.17. The first-order chi connectivity index (χ1) is 10.8. The van der Waals surface area contributed by atoms with Crippen LogP contribution in [-0.2, 0) is 6.54 Å². The second kappa shape index (κ2) is 7.36. The second-order valence-electron chi connectivity index (χ2n) is 5.98. The van der Waals surface area contributed by atoms with E-state index in [9.17, 15) is 0 Å². The van der Waals surface area contributed by atoms with Crippen LogP contribution in [0.1, 0.15) is 24.2 Å². The first-order valence-electron chi connectivity index (χ1n) is 7.97. The number of rotatable bonds is 5. The van der Waals surface area contributed by atoms with Gasteiger partial charge in [0.15, 0.2) is 0 Å². The Labute approximate surface area is 132 Å². The Morgan fingerprint density at radius 3 is 2.73 bits per heavy atom. The van der Waals surface area contributed by atoms with Gasteiger partial charge >= 0.3 is 0 Å². The van der Waals surface area contributed by atoms with Gasteiger partial charge in [-0.1, -0.05) is 6.07 Å². The number of pyridine rings is 2. The van der Waals surface area contributed by atoms with E-state index in [1.165, 1.54) is 12.8 Å². The smallest absolute Gasteiger partial charge is 0.122 e. The lowest BCUT2D eigenvalue weighted by Crippen LogP contribution is -2.35. The van der Waals surface area contributed by atoms with Gasteiger partial charge in [-0.3, -0.25) is 14.9 Å². The zero-order chi connectivity index (χ0) is 15.2. The van der Waals surface area contributed by atoms with Gasteiger partial charge in [-0.2, -0.15) is 0 Å². The van der Waals surface area contributed by atoms with E-state index in [2.05, 4.69) is 27.0 Å². The van der Waals surface area contributed by atoms with Crippen LogP contribution in [0.25, 0.3) is 0 Å². The lowest BCUT2D eigenvalue weighted by molar-refractivity contribution is 0.135. The van der Waals surface area contributed by atoms with Crippen LogP contribution in [0, 0.1) is 12.8 Å². The van der Waals surface area contributed by atoms with E-state index in [1.807, 2.05) is 31.3 Å². The molecule has 1 aliphatic heterocycles. The molecule has 2 aromatic rings. The quantitative estimate of drug-likeness (QED) is 0.850. The number of nitrogens with zero attached hydrogens (tertiary/aromatic N) is 3. The highest BCUT2D eigenvalue weighted by molar-refractivity contribution is 5.21. The van der Waals surface area contributed by atoms with E-state index in [0.29, 0.717) is 5.92 Å². The molecule has 0 atom stereocenters. The first-order valence-corrected chi connectivity index (χ1v) is 7.97. The van der Waals surface area contributed by atoms with Crippen LogP contribution in [0.5, 0.6) is 5.75 Å². The molecule has 4 nitrogen and oxygen atoms in total. The van der Waals surface area contributed by atoms with Crippen molar-refractivity contribution in [1.82, 2.24) is 14.9 Å². The van der Waals surface area contributed by atoms with Crippen LogP contribution < -0.4 is 4.74 Å². The van der Waals surface area contributed by atoms with Gasteiger partial charge in [0.05, 0.1) is 12.3 Å². The van der Waals surface area contributed by atoms with Crippen molar-refractivity contribution in [3.8, 4) is 5.75 Å². The molecule has 0 radical (unpaired) electrons. The van der Waals surface area contributed by atoms with Gasteiger partial charge in [0, 0.05) is 30.7 Å². The number of hydrogen-bond donors (Lipinski definition) is 0. The Morgan fingerprint density at radius 2 is 2.00 bits per heavy atom. The minimum Gasteiger partial charge on any atom is -0.493 e. The van der Waals surface area contributed by atoms with E-state index in [-0.39, 0.29) is 0 Å². The minimum atomic E-state index is 0.647. The van der Waals surface area contributed by atoms with Gasteiger partial charge in [0.2, 0.25) is 0 Å². The molecule has 0 aliphatic carbocycles. The number of likely N-dealkylation sites (tertiary alicyclic amines) is 1. The van der Waals surface area contributed by atoms with E-state index >= 15 is 0 Å². The van der Waals surface area contributed by atoms with Crippen molar-refractivity contribution in [1.29, 1.82) is 0 Å². The van der Waals surface area contributed by atoms with Gasteiger partial charge in [-0.05, 0) is 57.0 Å². The minimum absolute atomic E-state index is 0.647. The molecule has 4 heteroatoms. The summed E-state index contributed by atoms with van der Waals surface area (Å²) >= 11 is 0. The molecular formula is C18H23N3O. The van der Waals surface area contributed by atoms with E-state index in [0.717, 1.165) is 43.4 Å². The monoisotopic (exact) mass is 297 g/mol. The molecule has 22 heavy (non-hydrogen) atoms. The van der Waals surface area contributed by atoms with E-state index in [1.54, 1.807) is 6.20 Å². The summed E-state index contributed by atoms with van der Waals surface area (Å²) in [6.45, 7) is 6.00. The third-order valence-corrected chi connectivity index (χ3v) is 4.17. The lowest BCUT2D eigenvalue weighted by Gasteiger charge is -2.31. The van der Waals surface area contributed by atoms with Gasteiger partial charge < -0.3 is 4.74 Å². The summed E-state index contributed by atoms with van der Waals surface area (Å²) < 4.78 is 5.91. The van der Waals surface area contributed by atoms with Crippen molar-refractivity contribution in [2.24, 2.45) is 5.92 Å². The highest BCUT2D eigenvalue weighted by atomic mass is 16.5. The zero-order valence-corrected chi connectivity index (χ0v) is 13.1. The average molecular weight is 297 g/mol. The summed E-state index contributed by atoms with van der Waals surface area (Å²) in [5.74, 6) is 1.58. The average Bonchev–Trinajstić information content (AvgIpc) is 2.55. The summed E-state index contributed by atoms with van der Waals surface area (Å²) in [6, 6.07) is 10.0. The summed E-state index contributed by atoms with van der Waals surface area (Å²) in [6.07, 6.45) is 6.06. The van der Waals surface area contributed by atoms with Gasteiger partial charge in [-0.25, -0.2) is 0 Å². The SMILES string of the molecule is Cc1cc(OCC2CCN(Cc3ccccn3)CC2)ccn1. The van der Waals surface area contributed by atoms with E-state index in [4.69, 9.17) is 4.74 Å². The topological polar surface area (TPSA) is 38.2 Å². The number of aromatic nitrogens is 2. The molecular weight excluding hydrogens is 274 g/mol. The molecule has 0 unspecified atom stereocenters. The molecule has 2 aromatic heterocycles. The molecule has 0 N–H and O–H groups in total. The van der Waals surface area contributed by atoms with Crippen LogP contribution >= 0.6 is 0 Å². The molecule has 0 bridgehead atoms. The molecule has 3 heterocycles. The molecule has 0 spiro atoms. The molecule has 1 saturated heterocycles. The molecule has 0 aromatic carbocycles. The van der Waals surface area contributed by atoms with Gasteiger partial charge in [-0.15, -0.1) is 0 Å². The molecule has 3 rings (SSSR count). The predicted molar refractivity (Wildman–Crippen MR) is 86.7 cm³/mol. The summed E-state index contributed by atoms with van der Waals surface area (Å²) in [7, 11) is 0. The van der Waals surface area contributed by atoms with Crippen molar-refractivity contribution in [3.05, 3.63) is 54.1 Å². The Balaban J connectivity index is 1.42. The first kappa shape index (κ1) is 15.0. The van der Waals surface area contributed by atoms with Crippen molar-refractivity contribution in [2.45, 2.75) is 26.3 Å². The normalized spacial score (nSPS) is 16.6. The fraction of sp³-hybridized carbons (Fsp3) is 0.444. The maximum absolute atomic E-state index is 5.91. The lowest BCUT2D eigenvalue weighted by atomic mass is 9.97. The highest BCUT2D eigenvalue weighted by Crippen LogP contribution is 2.20. The molecule has 0 amide bonds. The fourth-order valence-corrected chi connectivity index (χ4v) is 2.86. The van der Waals surface area contributed by atoms with Crippen molar-refractivity contribution in [3.63, 3.8) is 0 Å². The highest BCUT2D eigenvalue weighted by Gasteiger charge is 2.20. The maximum atomic E-state index is 5.91. The van der Waals surface area contributed by atoms with Crippen LogP contribution in [-0.4, -0.2) is 34.6 Å². The number of aryl methyl sites for hydroxylation is 1. The van der Waals surface area contributed by atoms with Gasteiger partial charge in [0.1, 0.15) is 5.75 Å². The summed E-state index contributed by atoms with van der Waals surface area (Å²) in [4.78, 5) is 11.1. The molecule has 0 saturated carbocycles. The largest absolute Gasteiger partial charge is 0.493 e. The maximum Gasteiger partial charge on any atom is 0.122 e. The van der Waals surface area contributed by atoms with Crippen molar-refractivity contribution in [2.75, 3.05) is 19.7 Å². The Kier molecular flexibility index (Phi) is 5.01. The fourth-order valence-electron chi connectivity index (χ4n) is 2.86. The zero-order valence-electron chi connectivity index (χ0n) is 13.1. The number of hydrogen-bond acceptors (Lipinski definition) is 4. The molecule has 116 valence electrons. The van der Waals surface area contributed by atoms with Crippen molar-refractivity contribution < 1.29 is 4.74 Å². The molecule has 1 aliphatic rings.